The first-order chi connectivity index (χ1) is 7.04. The molecule has 0 bridgehead atoms. The molecule has 80 valence electrons. The van der Waals surface area contributed by atoms with Gasteiger partial charge in [0.05, 0.1) is 16.0 Å². The standard InChI is InChI=1S/C10H11NO2S2/c1-3-15(12,13)10-11-9-7(2)5-4-6-8(9)14-10/h4-6H,3H2,1-2H3. The Hall–Kier alpha value is -0.940. The molecule has 1 aromatic carbocycles. The van der Waals surface area contributed by atoms with Gasteiger partial charge in [-0.05, 0) is 18.6 Å². The monoisotopic (exact) mass is 241 g/mol. The molecule has 0 fully saturated rings. The van der Waals surface area contributed by atoms with Crippen LogP contribution in [0.3, 0.4) is 0 Å². The Morgan fingerprint density at radius 3 is 2.73 bits per heavy atom. The summed E-state index contributed by atoms with van der Waals surface area (Å²) in [6.45, 7) is 3.57. The van der Waals surface area contributed by atoms with Crippen LogP contribution in [0, 0.1) is 6.92 Å². The molecule has 0 atom stereocenters. The summed E-state index contributed by atoms with van der Waals surface area (Å²) < 4.78 is 24.4. The molecular weight excluding hydrogens is 230 g/mol. The van der Waals surface area contributed by atoms with Crippen LogP contribution >= 0.6 is 11.3 Å². The van der Waals surface area contributed by atoms with Crippen LogP contribution in [0.25, 0.3) is 10.2 Å². The Labute approximate surface area is 92.7 Å². The second kappa shape index (κ2) is 3.57. The van der Waals surface area contributed by atoms with Crippen LogP contribution < -0.4 is 0 Å². The van der Waals surface area contributed by atoms with Crippen LogP contribution in [-0.4, -0.2) is 19.2 Å². The number of rotatable bonds is 2. The number of thiazole rings is 1. The lowest BCUT2D eigenvalue weighted by molar-refractivity contribution is 0.596. The summed E-state index contributed by atoms with van der Waals surface area (Å²) in [4.78, 5) is 4.19. The summed E-state index contributed by atoms with van der Waals surface area (Å²) in [7, 11) is -3.17. The van der Waals surface area contributed by atoms with Gasteiger partial charge in [0.15, 0.2) is 0 Å². The van der Waals surface area contributed by atoms with Crippen molar-refractivity contribution in [2.75, 3.05) is 5.75 Å². The zero-order valence-electron chi connectivity index (χ0n) is 8.52. The van der Waals surface area contributed by atoms with E-state index in [1.54, 1.807) is 6.92 Å². The van der Waals surface area contributed by atoms with Gasteiger partial charge in [0.25, 0.3) is 0 Å². The van der Waals surface area contributed by atoms with E-state index in [1.165, 1.54) is 11.3 Å². The van der Waals surface area contributed by atoms with Gasteiger partial charge in [-0.1, -0.05) is 19.1 Å². The molecule has 0 amide bonds. The molecule has 0 saturated heterocycles. The van der Waals surface area contributed by atoms with Crippen LogP contribution in [0.5, 0.6) is 0 Å². The molecule has 0 aliphatic rings. The van der Waals surface area contributed by atoms with E-state index in [0.717, 1.165) is 15.8 Å². The predicted octanol–water partition coefficient (Wildman–Crippen LogP) is 2.40. The second-order valence-electron chi connectivity index (χ2n) is 3.30. The first kappa shape index (κ1) is 10.6. The third-order valence-electron chi connectivity index (χ3n) is 2.25. The molecule has 1 aromatic heterocycles. The van der Waals surface area contributed by atoms with Crippen molar-refractivity contribution in [1.29, 1.82) is 0 Å². The molecule has 2 rings (SSSR count). The summed E-state index contributed by atoms with van der Waals surface area (Å²) in [5.74, 6) is 0.103. The lowest BCUT2D eigenvalue weighted by Gasteiger charge is -1.92. The van der Waals surface area contributed by atoms with E-state index in [2.05, 4.69) is 4.98 Å². The Balaban J connectivity index is 2.73. The maximum Gasteiger partial charge on any atom is 0.210 e. The number of hydrogen-bond donors (Lipinski definition) is 0. The van der Waals surface area contributed by atoms with Gasteiger partial charge in [-0.15, -0.1) is 11.3 Å². The molecule has 0 unspecified atom stereocenters. The maximum absolute atomic E-state index is 11.6. The molecule has 0 N–H and O–H groups in total. The molecule has 5 heteroatoms. The van der Waals surface area contributed by atoms with Crippen molar-refractivity contribution in [3.63, 3.8) is 0 Å². The smallest absolute Gasteiger partial charge is 0.210 e. The highest BCUT2D eigenvalue weighted by molar-refractivity contribution is 7.93. The first-order valence-electron chi connectivity index (χ1n) is 4.63. The lowest BCUT2D eigenvalue weighted by Crippen LogP contribution is -2.02. The fourth-order valence-corrected chi connectivity index (χ4v) is 3.71. The Morgan fingerprint density at radius 2 is 2.13 bits per heavy atom. The molecule has 1 heterocycles. The van der Waals surface area contributed by atoms with Gasteiger partial charge >= 0.3 is 0 Å². The summed E-state index contributed by atoms with van der Waals surface area (Å²) in [5.41, 5.74) is 1.82. The Bertz CT molecular complexity index is 599. The van der Waals surface area contributed by atoms with Gasteiger partial charge in [0.1, 0.15) is 0 Å². The highest BCUT2D eigenvalue weighted by Crippen LogP contribution is 2.27. The molecule has 0 saturated carbocycles. The number of aromatic nitrogens is 1. The summed E-state index contributed by atoms with van der Waals surface area (Å²) in [6.07, 6.45) is 0. The Morgan fingerprint density at radius 1 is 1.40 bits per heavy atom. The van der Waals surface area contributed by atoms with E-state index in [4.69, 9.17) is 0 Å². The van der Waals surface area contributed by atoms with Gasteiger partial charge in [-0.25, -0.2) is 13.4 Å². The fraction of sp³-hybridized carbons (Fsp3) is 0.300. The first-order valence-corrected chi connectivity index (χ1v) is 7.10. The Kier molecular flexibility index (Phi) is 2.52. The number of para-hydroxylation sites is 1. The number of fused-ring (bicyclic) bond motifs is 1. The van der Waals surface area contributed by atoms with Crippen LogP contribution in [0.1, 0.15) is 12.5 Å². The zero-order valence-corrected chi connectivity index (χ0v) is 10.2. The molecular formula is C10H11NO2S2. The van der Waals surface area contributed by atoms with Crippen molar-refractivity contribution in [3.8, 4) is 0 Å². The highest BCUT2D eigenvalue weighted by atomic mass is 32.2. The predicted molar refractivity (Wildman–Crippen MR) is 62.1 cm³/mol. The molecule has 3 nitrogen and oxygen atoms in total. The van der Waals surface area contributed by atoms with Gasteiger partial charge in [-0.3, -0.25) is 0 Å². The van der Waals surface area contributed by atoms with E-state index in [1.807, 2.05) is 25.1 Å². The van der Waals surface area contributed by atoms with Crippen molar-refractivity contribution < 1.29 is 8.42 Å². The SMILES string of the molecule is CCS(=O)(=O)c1nc2c(C)cccc2s1. The van der Waals surface area contributed by atoms with Crippen molar-refractivity contribution in [2.24, 2.45) is 0 Å². The minimum atomic E-state index is -3.17. The molecule has 0 aliphatic carbocycles. The van der Waals surface area contributed by atoms with Crippen molar-refractivity contribution in [3.05, 3.63) is 23.8 Å². The van der Waals surface area contributed by atoms with E-state index in [-0.39, 0.29) is 10.1 Å². The average molecular weight is 241 g/mol. The summed E-state index contributed by atoms with van der Waals surface area (Å²) in [6, 6.07) is 5.75. The number of sulfone groups is 1. The van der Waals surface area contributed by atoms with E-state index in [0.29, 0.717) is 0 Å². The highest BCUT2D eigenvalue weighted by Gasteiger charge is 2.17. The fourth-order valence-electron chi connectivity index (χ4n) is 1.32. The summed E-state index contributed by atoms with van der Waals surface area (Å²) >= 11 is 1.24. The molecule has 0 aliphatic heterocycles. The van der Waals surface area contributed by atoms with Crippen molar-refractivity contribution >= 4 is 31.4 Å². The number of hydrogen-bond acceptors (Lipinski definition) is 4. The average Bonchev–Trinajstić information content (AvgIpc) is 2.64. The van der Waals surface area contributed by atoms with Gasteiger partial charge in [-0.2, -0.15) is 0 Å². The minimum absolute atomic E-state index is 0.103. The molecule has 0 radical (unpaired) electrons. The summed E-state index contributed by atoms with van der Waals surface area (Å²) in [5, 5.41) is 0. The molecule has 0 spiro atoms. The van der Waals surface area contributed by atoms with E-state index >= 15 is 0 Å². The van der Waals surface area contributed by atoms with Crippen LogP contribution in [0.4, 0.5) is 0 Å². The number of benzene rings is 1. The number of aryl methyl sites for hydroxylation is 1. The zero-order chi connectivity index (χ0) is 11.1. The van der Waals surface area contributed by atoms with Gasteiger partial charge in [0.2, 0.25) is 14.2 Å². The van der Waals surface area contributed by atoms with Crippen LogP contribution in [0.2, 0.25) is 0 Å². The van der Waals surface area contributed by atoms with Crippen molar-refractivity contribution in [2.45, 2.75) is 18.2 Å². The molecule has 2 aromatic rings. The minimum Gasteiger partial charge on any atom is -0.225 e. The third-order valence-corrected chi connectivity index (χ3v) is 5.46. The molecule has 15 heavy (non-hydrogen) atoms. The number of nitrogens with zero attached hydrogens (tertiary/aromatic N) is 1. The van der Waals surface area contributed by atoms with E-state index in [9.17, 15) is 8.42 Å². The second-order valence-corrected chi connectivity index (χ2v) is 6.79. The third kappa shape index (κ3) is 1.77. The maximum atomic E-state index is 11.6. The normalized spacial score (nSPS) is 12.1. The quantitative estimate of drug-likeness (QED) is 0.811. The van der Waals surface area contributed by atoms with E-state index < -0.39 is 9.84 Å². The van der Waals surface area contributed by atoms with Gasteiger partial charge in [0, 0.05) is 0 Å². The van der Waals surface area contributed by atoms with Gasteiger partial charge < -0.3 is 0 Å². The lowest BCUT2D eigenvalue weighted by atomic mass is 10.2. The topological polar surface area (TPSA) is 47.0 Å². The largest absolute Gasteiger partial charge is 0.225 e. The van der Waals surface area contributed by atoms with Crippen LogP contribution in [0.15, 0.2) is 22.5 Å². The van der Waals surface area contributed by atoms with Crippen molar-refractivity contribution in [1.82, 2.24) is 4.98 Å². The van der Waals surface area contributed by atoms with Crippen LogP contribution in [-0.2, 0) is 9.84 Å².